The fourth-order valence-electron chi connectivity index (χ4n) is 2.44. The minimum atomic E-state index is -0.301. The molecule has 0 bridgehead atoms. The van der Waals surface area contributed by atoms with Crippen molar-refractivity contribution in [2.45, 2.75) is 33.4 Å². The standard InChI is InChI=1S/C17H19N3O4/c1-10(2)18-17(22)12-8-24-15(19-12)7-20-13-6-11(3)4-5-14(13)23-9-16(20)21/h4-6,8,10H,7,9H2,1-3H3,(H,18,22). The number of nitrogens with one attached hydrogen (secondary N) is 1. The van der Waals surface area contributed by atoms with Gasteiger partial charge in [-0.3, -0.25) is 14.5 Å². The van der Waals surface area contributed by atoms with Crippen molar-refractivity contribution in [3.05, 3.63) is 41.6 Å². The van der Waals surface area contributed by atoms with E-state index in [1.807, 2.05) is 39.0 Å². The van der Waals surface area contributed by atoms with E-state index in [0.29, 0.717) is 17.3 Å². The molecule has 0 atom stereocenters. The van der Waals surface area contributed by atoms with Gasteiger partial charge in [-0.05, 0) is 38.5 Å². The lowest BCUT2D eigenvalue weighted by atomic mass is 10.1. The maximum Gasteiger partial charge on any atom is 0.273 e. The van der Waals surface area contributed by atoms with E-state index in [9.17, 15) is 9.59 Å². The van der Waals surface area contributed by atoms with Gasteiger partial charge in [-0.25, -0.2) is 4.98 Å². The zero-order valence-corrected chi connectivity index (χ0v) is 13.8. The Kier molecular flexibility index (Phi) is 4.24. The minimum absolute atomic E-state index is 0.00771. The van der Waals surface area contributed by atoms with Crippen molar-refractivity contribution in [2.75, 3.05) is 11.5 Å². The van der Waals surface area contributed by atoms with Crippen molar-refractivity contribution in [2.24, 2.45) is 0 Å². The van der Waals surface area contributed by atoms with Crippen molar-refractivity contribution in [3.8, 4) is 5.75 Å². The van der Waals surface area contributed by atoms with Crippen molar-refractivity contribution in [1.82, 2.24) is 10.3 Å². The quantitative estimate of drug-likeness (QED) is 0.928. The molecule has 1 aliphatic heterocycles. The lowest BCUT2D eigenvalue weighted by molar-refractivity contribution is -0.121. The van der Waals surface area contributed by atoms with E-state index in [4.69, 9.17) is 9.15 Å². The molecule has 3 rings (SSSR count). The highest BCUT2D eigenvalue weighted by molar-refractivity contribution is 5.97. The number of anilines is 1. The lowest BCUT2D eigenvalue weighted by Gasteiger charge is -2.28. The zero-order valence-electron chi connectivity index (χ0n) is 13.8. The molecule has 7 heteroatoms. The Morgan fingerprint density at radius 3 is 2.96 bits per heavy atom. The van der Waals surface area contributed by atoms with Crippen LogP contribution in [-0.2, 0) is 11.3 Å². The molecule has 0 fully saturated rings. The lowest BCUT2D eigenvalue weighted by Crippen LogP contribution is -2.38. The number of oxazole rings is 1. The van der Waals surface area contributed by atoms with Crippen LogP contribution in [0.5, 0.6) is 5.75 Å². The SMILES string of the molecule is Cc1ccc2c(c1)N(Cc1nc(C(=O)NC(C)C)co1)C(=O)CO2. The molecule has 0 aliphatic carbocycles. The van der Waals surface area contributed by atoms with Gasteiger partial charge >= 0.3 is 0 Å². The van der Waals surface area contributed by atoms with E-state index in [1.165, 1.54) is 6.26 Å². The molecular formula is C17H19N3O4. The van der Waals surface area contributed by atoms with Gasteiger partial charge in [0.15, 0.2) is 12.3 Å². The molecule has 24 heavy (non-hydrogen) atoms. The number of fused-ring (bicyclic) bond motifs is 1. The molecule has 1 aromatic carbocycles. The summed E-state index contributed by atoms with van der Waals surface area (Å²) >= 11 is 0. The summed E-state index contributed by atoms with van der Waals surface area (Å²) in [5.74, 6) is 0.458. The Morgan fingerprint density at radius 2 is 2.21 bits per heavy atom. The number of carbonyl (C=O) groups is 2. The fourth-order valence-corrected chi connectivity index (χ4v) is 2.44. The molecule has 126 valence electrons. The molecule has 2 heterocycles. The van der Waals surface area contributed by atoms with Gasteiger partial charge in [-0.1, -0.05) is 6.07 Å². The van der Waals surface area contributed by atoms with Crippen LogP contribution >= 0.6 is 0 Å². The van der Waals surface area contributed by atoms with Crippen LogP contribution in [0.1, 0.15) is 35.8 Å². The van der Waals surface area contributed by atoms with E-state index in [0.717, 1.165) is 5.56 Å². The normalized spacial score (nSPS) is 13.7. The highest BCUT2D eigenvalue weighted by atomic mass is 16.5. The largest absolute Gasteiger partial charge is 0.482 e. The first-order chi connectivity index (χ1) is 11.4. The number of nitrogens with zero attached hydrogens (tertiary/aromatic N) is 2. The highest BCUT2D eigenvalue weighted by Crippen LogP contribution is 2.33. The summed E-state index contributed by atoms with van der Waals surface area (Å²) in [6, 6.07) is 5.64. The van der Waals surface area contributed by atoms with E-state index >= 15 is 0 Å². The second kappa shape index (κ2) is 6.35. The van der Waals surface area contributed by atoms with Crippen molar-refractivity contribution in [3.63, 3.8) is 0 Å². The molecular weight excluding hydrogens is 310 g/mol. The predicted molar refractivity (Wildman–Crippen MR) is 87.0 cm³/mol. The third-order valence-corrected chi connectivity index (χ3v) is 3.55. The second-order valence-electron chi connectivity index (χ2n) is 5.99. The summed E-state index contributed by atoms with van der Waals surface area (Å²) in [5.41, 5.74) is 1.89. The number of hydrogen-bond donors (Lipinski definition) is 1. The summed E-state index contributed by atoms with van der Waals surface area (Å²) in [6.07, 6.45) is 1.30. The van der Waals surface area contributed by atoms with Crippen LogP contribution in [0.4, 0.5) is 5.69 Å². The van der Waals surface area contributed by atoms with Gasteiger partial charge in [0.25, 0.3) is 11.8 Å². The van der Waals surface area contributed by atoms with Crippen LogP contribution in [0.15, 0.2) is 28.9 Å². The van der Waals surface area contributed by atoms with E-state index in [2.05, 4.69) is 10.3 Å². The summed E-state index contributed by atoms with van der Waals surface area (Å²) in [6.45, 7) is 5.79. The number of carbonyl (C=O) groups excluding carboxylic acids is 2. The average molecular weight is 329 g/mol. The molecule has 0 spiro atoms. The average Bonchev–Trinajstić information content (AvgIpc) is 2.98. The number of amides is 2. The summed E-state index contributed by atoms with van der Waals surface area (Å²) in [4.78, 5) is 29.9. The Morgan fingerprint density at radius 1 is 1.42 bits per heavy atom. The summed E-state index contributed by atoms with van der Waals surface area (Å²) in [5, 5.41) is 2.75. The van der Waals surface area contributed by atoms with Gasteiger partial charge < -0.3 is 14.5 Å². The molecule has 0 radical (unpaired) electrons. The van der Waals surface area contributed by atoms with Gasteiger partial charge in [-0.2, -0.15) is 0 Å². The molecule has 2 aromatic rings. The Bertz CT molecular complexity index is 782. The number of ether oxygens (including phenoxy) is 1. The molecule has 0 unspecified atom stereocenters. The summed E-state index contributed by atoms with van der Waals surface area (Å²) < 4.78 is 10.8. The summed E-state index contributed by atoms with van der Waals surface area (Å²) in [7, 11) is 0. The Hall–Kier alpha value is -2.83. The maximum absolute atomic E-state index is 12.2. The molecule has 7 nitrogen and oxygen atoms in total. The van der Waals surface area contributed by atoms with Crippen LogP contribution in [0, 0.1) is 6.92 Å². The van der Waals surface area contributed by atoms with Crippen LogP contribution in [0.3, 0.4) is 0 Å². The zero-order chi connectivity index (χ0) is 17.3. The topological polar surface area (TPSA) is 84.7 Å². The van der Waals surface area contributed by atoms with Gasteiger partial charge in [0, 0.05) is 6.04 Å². The highest BCUT2D eigenvalue weighted by Gasteiger charge is 2.27. The van der Waals surface area contributed by atoms with E-state index in [-0.39, 0.29) is 36.7 Å². The molecule has 2 amide bonds. The number of benzene rings is 1. The maximum atomic E-state index is 12.2. The number of aryl methyl sites for hydroxylation is 1. The van der Waals surface area contributed by atoms with Crippen LogP contribution in [-0.4, -0.2) is 29.4 Å². The number of hydrogen-bond acceptors (Lipinski definition) is 5. The van der Waals surface area contributed by atoms with Crippen LogP contribution in [0.2, 0.25) is 0 Å². The first-order valence-electron chi connectivity index (χ1n) is 7.73. The van der Waals surface area contributed by atoms with Crippen LogP contribution < -0.4 is 15.0 Å². The third kappa shape index (κ3) is 3.24. The van der Waals surface area contributed by atoms with Crippen molar-refractivity contribution < 1.29 is 18.7 Å². The van der Waals surface area contributed by atoms with Gasteiger partial charge in [-0.15, -0.1) is 0 Å². The van der Waals surface area contributed by atoms with Crippen molar-refractivity contribution >= 4 is 17.5 Å². The minimum Gasteiger partial charge on any atom is -0.482 e. The van der Waals surface area contributed by atoms with Gasteiger partial charge in [0.2, 0.25) is 5.89 Å². The fraction of sp³-hybridized carbons (Fsp3) is 0.353. The Labute approximate surface area is 139 Å². The molecule has 0 saturated heterocycles. The van der Waals surface area contributed by atoms with E-state index in [1.54, 1.807) is 4.90 Å². The molecule has 1 aliphatic rings. The predicted octanol–water partition coefficient (Wildman–Crippen LogP) is 2.05. The molecule has 1 N–H and O–H groups in total. The number of rotatable bonds is 4. The smallest absolute Gasteiger partial charge is 0.273 e. The molecule has 1 aromatic heterocycles. The first kappa shape index (κ1) is 16.0. The van der Waals surface area contributed by atoms with Crippen LogP contribution in [0.25, 0.3) is 0 Å². The Balaban J connectivity index is 1.82. The second-order valence-corrected chi connectivity index (χ2v) is 5.99. The van der Waals surface area contributed by atoms with Gasteiger partial charge in [0.05, 0.1) is 5.69 Å². The molecule has 0 saturated carbocycles. The van der Waals surface area contributed by atoms with Gasteiger partial charge in [0.1, 0.15) is 18.6 Å². The monoisotopic (exact) mass is 329 g/mol. The van der Waals surface area contributed by atoms with Crippen molar-refractivity contribution in [1.29, 1.82) is 0 Å². The number of aromatic nitrogens is 1. The van der Waals surface area contributed by atoms with E-state index < -0.39 is 0 Å². The third-order valence-electron chi connectivity index (χ3n) is 3.55. The first-order valence-corrected chi connectivity index (χ1v) is 7.73.